The van der Waals surface area contributed by atoms with E-state index >= 15 is 0 Å². The van der Waals surface area contributed by atoms with E-state index in [9.17, 15) is 13.2 Å². The molecule has 0 spiro atoms. The Morgan fingerprint density at radius 3 is 2.00 bits per heavy atom. The van der Waals surface area contributed by atoms with Crippen LogP contribution in [-0.4, -0.2) is 6.18 Å². The van der Waals surface area contributed by atoms with E-state index < -0.39 is 12.7 Å². The first-order valence-corrected chi connectivity index (χ1v) is 3.93. The van der Waals surface area contributed by atoms with E-state index in [1.165, 1.54) is 4.57 Å². The highest BCUT2D eigenvalue weighted by Crippen LogP contribution is 2.14. The van der Waals surface area contributed by atoms with Gasteiger partial charge in [-0.25, -0.2) is 0 Å². The number of alkyl halides is 3. The topological polar surface area (TPSA) is 3.88 Å². The molecule has 0 atom stereocenters. The Kier molecular flexibility index (Phi) is 2.59. The van der Waals surface area contributed by atoms with E-state index in [1.54, 1.807) is 32.0 Å². The maximum atomic E-state index is 12.1. The molecule has 0 aliphatic rings. The van der Waals surface area contributed by atoms with Gasteiger partial charge in [-0.3, -0.25) is 0 Å². The van der Waals surface area contributed by atoms with E-state index in [2.05, 4.69) is 0 Å². The number of hydrogen-bond acceptors (Lipinski definition) is 0. The van der Waals surface area contributed by atoms with Crippen molar-refractivity contribution >= 4 is 0 Å². The molecule has 1 aromatic rings. The Bertz CT molecular complexity index is 284. The molecule has 0 unspecified atom stereocenters. The maximum absolute atomic E-state index is 12.1. The Labute approximate surface area is 74.8 Å². The summed E-state index contributed by atoms with van der Waals surface area (Å²) in [6, 6.07) is 5.08. The average molecular weight is 190 g/mol. The Balaban J connectivity index is 3.00. The van der Waals surface area contributed by atoms with Crippen LogP contribution in [0.15, 0.2) is 18.2 Å². The predicted molar refractivity (Wildman–Crippen MR) is 42.2 cm³/mol. The molecule has 1 rings (SSSR count). The predicted octanol–water partition coefficient (Wildman–Crippen LogP) is 2.15. The number of halogens is 3. The SMILES string of the molecule is Cc1cccc(C)[n+]1CC(F)(F)F. The molecule has 0 amide bonds. The summed E-state index contributed by atoms with van der Waals surface area (Å²) < 4.78 is 37.5. The lowest BCUT2D eigenvalue weighted by molar-refractivity contribution is -0.729. The minimum atomic E-state index is -4.15. The number of aryl methyl sites for hydroxylation is 2. The zero-order valence-electron chi connectivity index (χ0n) is 7.52. The van der Waals surface area contributed by atoms with Gasteiger partial charge in [-0.05, 0) is 6.07 Å². The summed E-state index contributed by atoms with van der Waals surface area (Å²) in [7, 11) is 0. The van der Waals surface area contributed by atoms with Crippen LogP contribution in [-0.2, 0) is 6.54 Å². The van der Waals surface area contributed by atoms with E-state index in [0.717, 1.165) is 0 Å². The quantitative estimate of drug-likeness (QED) is 0.597. The van der Waals surface area contributed by atoms with Gasteiger partial charge in [0.05, 0.1) is 0 Å². The zero-order chi connectivity index (χ0) is 10.1. The third-order valence-corrected chi connectivity index (χ3v) is 1.86. The van der Waals surface area contributed by atoms with Crippen molar-refractivity contribution in [2.45, 2.75) is 26.6 Å². The van der Waals surface area contributed by atoms with Crippen molar-refractivity contribution in [3.05, 3.63) is 29.6 Å². The Morgan fingerprint density at radius 1 is 1.15 bits per heavy atom. The van der Waals surface area contributed by atoms with Gasteiger partial charge < -0.3 is 0 Å². The summed E-state index contributed by atoms with van der Waals surface area (Å²) in [5.41, 5.74) is 1.25. The standard InChI is InChI=1S/C9H11F3N/c1-7-4-3-5-8(2)13(7)6-9(10,11)12/h3-5H,6H2,1-2H3/q+1. The summed E-state index contributed by atoms with van der Waals surface area (Å²) in [5, 5.41) is 0. The molecule has 0 aliphatic heterocycles. The van der Waals surface area contributed by atoms with E-state index in [-0.39, 0.29) is 0 Å². The largest absolute Gasteiger partial charge is 0.448 e. The minimum absolute atomic E-state index is 0.623. The fourth-order valence-corrected chi connectivity index (χ4v) is 1.21. The number of pyridine rings is 1. The van der Waals surface area contributed by atoms with Crippen molar-refractivity contribution in [1.29, 1.82) is 0 Å². The fourth-order valence-electron chi connectivity index (χ4n) is 1.21. The average Bonchev–Trinajstić information content (AvgIpc) is 1.95. The molecule has 72 valence electrons. The molecule has 1 heterocycles. The molecule has 0 aromatic carbocycles. The molecule has 0 saturated heterocycles. The van der Waals surface area contributed by atoms with Crippen LogP contribution in [0, 0.1) is 13.8 Å². The van der Waals surface area contributed by atoms with Gasteiger partial charge in [0.2, 0.25) is 6.54 Å². The normalized spacial score (nSPS) is 11.8. The lowest BCUT2D eigenvalue weighted by atomic mass is 10.3. The van der Waals surface area contributed by atoms with Gasteiger partial charge in [-0.15, -0.1) is 0 Å². The zero-order valence-corrected chi connectivity index (χ0v) is 7.52. The molecule has 0 N–H and O–H groups in total. The minimum Gasteiger partial charge on any atom is -0.191 e. The van der Waals surface area contributed by atoms with Crippen molar-refractivity contribution in [3.8, 4) is 0 Å². The van der Waals surface area contributed by atoms with Gasteiger partial charge >= 0.3 is 6.18 Å². The van der Waals surface area contributed by atoms with Crippen LogP contribution < -0.4 is 4.57 Å². The molecular weight excluding hydrogens is 179 g/mol. The van der Waals surface area contributed by atoms with Crippen molar-refractivity contribution in [1.82, 2.24) is 0 Å². The maximum Gasteiger partial charge on any atom is 0.448 e. The molecule has 0 saturated carbocycles. The highest BCUT2D eigenvalue weighted by atomic mass is 19.4. The van der Waals surface area contributed by atoms with Crippen LogP contribution in [0.4, 0.5) is 13.2 Å². The number of rotatable bonds is 1. The second-order valence-corrected chi connectivity index (χ2v) is 3.01. The first kappa shape index (κ1) is 10.0. The summed E-state index contributed by atoms with van der Waals surface area (Å²) in [5.74, 6) is 0. The van der Waals surface area contributed by atoms with Gasteiger partial charge in [-0.2, -0.15) is 17.7 Å². The summed E-state index contributed by atoms with van der Waals surface area (Å²) in [6.45, 7) is 2.42. The molecule has 1 aromatic heterocycles. The molecule has 13 heavy (non-hydrogen) atoms. The summed E-state index contributed by atoms with van der Waals surface area (Å²) in [6.07, 6.45) is -4.15. The number of aromatic nitrogens is 1. The number of nitrogens with zero attached hydrogens (tertiary/aromatic N) is 1. The third kappa shape index (κ3) is 2.72. The van der Waals surface area contributed by atoms with Crippen molar-refractivity contribution < 1.29 is 17.7 Å². The van der Waals surface area contributed by atoms with Crippen LogP contribution in [0.3, 0.4) is 0 Å². The van der Waals surface area contributed by atoms with Crippen LogP contribution in [0.2, 0.25) is 0 Å². The molecule has 0 radical (unpaired) electrons. The van der Waals surface area contributed by atoms with Crippen molar-refractivity contribution in [3.63, 3.8) is 0 Å². The fraction of sp³-hybridized carbons (Fsp3) is 0.444. The highest BCUT2D eigenvalue weighted by Gasteiger charge is 2.34. The van der Waals surface area contributed by atoms with Crippen LogP contribution in [0.5, 0.6) is 0 Å². The molecule has 0 fully saturated rings. The van der Waals surface area contributed by atoms with Gasteiger partial charge in [-0.1, -0.05) is 0 Å². The van der Waals surface area contributed by atoms with Crippen LogP contribution in [0.25, 0.3) is 0 Å². The van der Waals surface area contributed by atoms with Crippen LogP contribution in [0.1, 0.15) is 11.4 Å². The van der Waals surface area contributed by atoms with Gasteiger partial charge in [0.25, 0.3) is 0 Å². The first-order valence-electron chi connectivity index (χ1n) is 3.93. The van der Waals surface area contributed by atoms with E-state index in [1.807, 2.05) is 0 Å². The van der Waals surface area contributed by atoms with Crippen molar-refractivity contribution in [2.75, 3.05) is 0 Å². The monoisotopic (exact) mass is 190 g/mol. The van der Waals surface area contributed by atoms with Gasteiger partial charge in [0.1, 0.15) is 0 Å². The Hall–Kier alpha value is -1.06. The second-order valence-electron chi connectivity index (χ2n) is 3.01. The highest BCUT2D eigenvalue weighted by molar-refractivity contribution is 5.00. The first-order chi connectivity index (χ1) is 5.90. The second kappa shape index (κ2) is 3.36. The van der Waals surface area contributed by atoms with E-state index in [4.69, 9.17) is 0 Å². The van der Waals surface area contributed by atoms with Gasteiger partial charge in [0.15, 0.2) is 11.4 Å². The molecule has 4 heteroatoms. The summed E-state index contributed by atoms with van der Waals surface area (Å²) in [4.78, 5) is 0. The molecular formula is C9H11F3N+. The summed E-state index contributed by atoms with van der Waals surface area (Å²) >= 11 is 0. The van der Waals surface area contributed by atoms with E-state index in [0.29, 0.717) is 11.4 Å². The smallest absolute Gasteiger partial charge is 0.191 e. The van der Waals surface area contributed by atoms with Gasteiger partial charge in [0, 0.05) is 26.0 Å². The Morgan fingerprint density at radius 2 is 1.62 bits per heavy atom. The molecule has 0 aliphatic carbocycles. The lowest BCUT2D eigenvalue weighted by Crippen LogP contribution is -2.46. The molecule has 1 nitrogen and oxygen atoms in total. The molecule has 0 bridgehead atoms. The van der Waals surface area contributed by atoms with Crippen molar-refractivity contribution in [2.24, 2.45) is 0 Å². The van der Waals surface area contributed by atoms with Crippen LogP contribution >= 0.6 is 0 Å². The lowest BCUT2D eigenvalue weighted by Gasteiger charge is -2.06. The third-order valence-electron chi connectivity index (χ3n) is 1.86. The number of hydrogen-bond donors (Lipinski definition) is 0.